The number of fused-ring (bicyclic) bond motifs is 2. The number of nitrogens with one attached hydrogen (secondary N) is 6. The molecule has 10 atom stereocenters. The Balaban J connectivity index is 1.82. The van der Waals surface area contributed by atoms with Crippen molar-refractivity contribution in [2.45, 2.75) is 160 Å². The van der Waals surface area contributed by atoms with Crippen LogP contribution in [0.4, 0.5) is 0 Å². The number of ether oxygens (including phenoxy) is 1. The summed E-state index contributed by atoms with van der Waals surface area (Å²) in [5.74, 6) is -10.1. The third kappa shape index (κ3) is 17.0. The van der Waals surface area contributed by atoms with E-state index in [4.69, 9.17) is 10.5 Å². The molecule has 2 aromatic carbocycles. The summed E-state index contributed by atoms with van der Waals surface area (Å²) < 4.78 is 5.80. The number of aliphatic hydroxyl groups is 2. The molecule has 2 aliphatic rings. The van der Waals surface area contributed by atoms with Crippen LogP contribution in [0.15, 0.2) is 54.6 Å². The second-order valence-electron chi connectivity index (χ2n) is 18.9. The molecule has 2 aliphatic heterocycles. The standard InChI is InChI=1S/C50H71N9O14/c1-7-8-10-15-38(63)52-26-39(64)55-42(28(4)60)46(68)57-43-29(5)73-50(72)41(27(2)3)56-45(67)35(24-31-16-18-32(61)19-17-31)58(6)49(71)36(25-30-13-11-9-12-14-30)59-40(65)23-21-34(48(59)70)54-44(66)33(53-47(43)69)20-22-37(51)62/h9,11-14,16-19,27-29,33-36,40-43,60-61,65H,7-8,10,15,20-26H2,1-6H3,(H2,51,62)(H,52,63)(H,53,69)(H,54,66)(H,55,64)(H,56,67)(H,57,68). The molecule has 10 unspecified atom stereocenters. The Morgan fingerprint density at radius 3 is 2.07 bits per heavy atom. The first-order chi connectivity index (χ1) is 34.5. The summed E-state index contributed by atoms with van der Waals surface area (Å²) in [5.41, 5.74) is 6.49. The number of carbonyl (C=O) groups is 10. The van der Waals surface area contributed by atoms with Gasteiger partial charge in [-0.15, -0.1) is 0 Å². The van der Waals surface area contributed by atoms with Crippen molar-refractivity contribution < 1.29 is 68.0 Å². The number of aliphatic hydroxyl groups excluding tert-OH is 2. The lowest BCUT2D eigenvalue weighted by Gasteiger charge is -2.43. The molecule has 4 rings (SSSR count). The molecule has 2 bridgehead atoms. The maximum absolute atomic E-state index is 15.0. The number of hydrogen-bond donors (Lipinski definition) is 10. The van der Waals surface area contributed by atoms with Crippen LogP contribution in [0.2, 0.25) is 0 Å². The quantitative estimate of drug-likeness (QED) is 0.0612. The largest absolute Gasteiger partial charge is 0.508 e. The first kappa shape index (κ1) is 58.4. The van der Waals surface area contributed by atoms with Gasteiger partial charge < -0.3 is 67.5 Å². The molecule has 2 aromatic rings. The molecular formula is C50H71N9O14. The van der Waals surface area contributed by atoms with Crippen LogP contribution in [0.1, 0.15) is 97.1 Å². The molecule has 2 heterocycles. The monoisotopic (exact) mass is 1020 g/mol. The Labute approximate surface area is 424 Å². The number of hydrogen-bond acceptors (Lipinski definition) is 14. The number of likely N-dealkylation sites (N-methyl/N-ethyl adjacent to an activating group) is 1. The average Bonchev–Trinajstić information content (AvgIpc) is 3.34. The molecule has 2 saturated heterocycles. The zero-order valence-corrected chi connectivity index (χ0v) is 42.1. The minimum Gasteiger partial charge on any atom is -0.508 e. The maximum Gasteiger partial charge on any atom is 0.329 e. The van der Waals surface area contributed by atoms with E-state index in [1.807, 2.05) is 6.92 Å². The van der Waals surface area contributed by atoms with Crippen molar-refractivity contribution in [1.82, 2.24) is 41.7 Å². The van der Waals surface area contributed by atoms with Crippen molar-refractivity contribution in [2.75, 3.05) is 13.6 Å². The summed E-state index contributed by atoms with van der Waals surface area (Å²) in [5, 5.41) is 47.1. The maximum atomic E-state index is 15.0. The molecule has 2 fully saturated rings. The normalized spacial score (nSPS) is 24.3. The molecule has 23 nitrogen and oxygen atoms in total. The Bertz CT molecular complexity index is 2280. The van der Waals surface area contributed by atoms with E-state index < -0.39 is 145 Å². The van der Waals surface area contributed by atoms with Gasteiger partial charge in [0.25, 0.3) is 0 Å². The number of piperidine rings is 1. The van der Waals surface area contributed by atoms with E-state index >= 15 is 4.79 Å². The Kier molecular flexibility index (Phi) is 22.1. The van der Waals surface area contributed by atoms with E-state index in [2.05, 4.69) is 31.9 Å². The first-order valence-electron chi connectivity index (χ1n) is 24.6. The van der Waals surface area contributed by atoms with E-state index in [9.17, 15) is 58.5 Å². The zero-order valence-electron chi connectivity index (χ0n) is 42.1. The van der Waals surface area contributed by atoms with Crippen LogP contribution >= 0.6 is 0 Å². The number of unbranched alkanes of at least 4 members (excludes halogenated alkanes) is 2. The van der Waals surface area contributed by atoms with E-state index in [0.717, 1.165) is 22.6 Å². The molecule has 11 N–H and O–H groups in total. The molecule has 23 heteroatoms. The Morgan fingerprint density at radius 1 is 0.808 bits per heavy atom. The highest BCUT2D eigenvalue weighted by atomic mass is 16.5. The summed E-state index contributed by atoms with van der Waals surface area (Å²) in [7, 11) is 1.32. The number of esters is 1. The third-order valence-corrected chi connectivity index (χ3v) is 12.7. The van der Waals surface area contributed by atoms with Gasteiger partial charge >= 0.3 is 5.97 Å². The molecule has 9 amide bonds. The van der Waals surface area contributed by atoms with Crippen molar-refractivity contribution in [3.05, 3.63) is 65.7 Å². The predicted octanol–water partition coefficient (Wildman–Crippen LogP) is -1.32. The predicted molar refractivity (Wildman–Crippen MR) is 262 cm³/mol. The number of phenols is 1. The third-order valence-electron chi connectivity index (χ3n) is 12.7. The number of amides is 9. The number of aromatic hydroxyl groups is 1. The van der Waals surface area contributed by atoms with Gasteiger partial charge in [-0.25, -0.2) is 4.79 Å². The van der Waals surface area contributed by atoms with Crippen LogP contribution in [-0.4, -0.2) is 159 Å². The van der Waals surface area contributed by atoms with Gasteiger partial charge in [0.05, 0.1) is 12.6 Å². The van der Waals surface area contributed by atoms with Gasteiger partial charge in [0, 0.05) is 32.7 Å². The van der Waals surface area contributed by atoms with Crippen LogP contribution in [0.25, 0.3) is 0 Å². The molecule has 400 valence electrons. The molecule has 0 aromatic heterocycles. The van der Waals surface area contributed by atoms with Gasteiger partial charge in [0.15, 0.2) is 0 Å². The zero-order chi connectivity index (χ0) is 54.1. The molecule has 0 radical (unpaired) electrons. The highest BCUT2D eigenvalue weighted by Gasteiger charge is 2.46. The lowest BCUT2D eigenvalue weighted by atomic mass is 9.95. The van der Waals surface area contributed by atoms with Gasteiger partial charge in [0.1, 0.15) is 60.4 Å². The van der Waals surface area contributed by atoms with E-state index in [0.29, 0.717) is 17.5 Å². The van der Waals surface area contributed by atoms with Crippen molar-refractivity contribution in [3.8, 4) is 5.75 Å². The highest BCUT2D eigenvalue weighted by Crippen LogP contribution is 2.26. The number of nitrogens with zero attached hydrogens (tertiary/aromatic N) is 2. The molecule has 73 heavy (non-hydrogen) atoms. The number of nitrogens with two attached hydrogens (primary N) is 1. The number of primary amides is 1. The average molecular weight is 1020 g/mol. The molecular weight excluding hydrogens is 951 g/mol. The number of phenolic OH excluding ortho intramolecular Hbond substituents is 1. The lowest BCUT2D eigenvalue weighted by molar-refractivity contribution is -0.165. The Morgan fingerprint density at radius 2 is 1.45 bits per heavy atom. The minimum absolute atomic E-state index is 0.0796. The van der Waals surface area contributed by atoms with Crippen molar-refractivity contribution in [3.63, 3.8) is 0 Å². The van der Waals surface area contributed by atoms with Gasteiger partial charge in [-0.2, -0.15) is 0 Å². The highest BCUT2D eigenvalue weighted by molar-refractivity contribution is 5.99. The fourth-order valence-electron chi connectivity index (χ4n) is 8.42. The van der Waals surface area contributed by atoms with Gasteiger partial charge in [-0.3, -0.25) is 43.2 Å². The number of rotatable bonds is 18. The summed E-state index contributed by atoms with van der Waals surface area (Å²) in [4.78, 5) is 141. The number of carbonyl (C=O) groups excluding carboxylic acids is 10. The second-order valence-corrected chi connectivity index (χ2v) is 18.9. The fourth-order valence-corrected chi connectivity index (χ4v) is 8.42. The SMILES string of the molecule is CCCCCC(=O)NCC(=O)NC(C(=O)NC1C(=O)NC(CCC(N)=O)C(=O)NC2CCC(O)N(C2=O)C(Cc2ccccc2)C(=O)N(C)C(Cc2ccc(O)cc2)C(=O)NC(C(C)C)C(=O)OC1C)C(C)O. The van der Waals surface area contributed by atoms with Gasteiger partial charge in [-0.1, -0.05) is 76.1 Å². The smallest absolute Gasteiger partial charge is 0.329 e. The first-order valence-corrected chi connectivity index (χ1v) is 24.6. The van der Waals surface area contributed by atoms with Crippen molar-refractivity contribution in [2.24, 2.45) is 11.7 Å². The van der Waals surface area contributed by atoms with Crippen LogP contribution in [-0.2, 0) is 65.5 Å². The lowest BCUT2D eigenvalue weighted by Crippen LogP contribution is -2.65. The van der Waals surface area contributed by atoms with Crippen LogP contribution in [0, 0.1) is 5.92 Å². The van der Waals surface area contributed by atoms with E-state index in [1.54, 1.807) is 44.2 Å². The number of benzene rings is 2. The van der Waals surface area contributed by atoms with Gasteiger partial charge in [0.2, 0.25) is 53.2 Å². The summed E-state index contributed by atoms with van der Waals surface area (Å²) in [6.07, 6.45) is -4.03. The van der Waals surface area contributed by atoms with E-state index in [-0.39, 0.29) is 37.9 Å². The van der Waals surface area contributed by atoms with Crippen molar-refractivity contribution >= 4 is 59.1 Å². The fraction of sp³-hybridized carbons (Fsp3) is 0.560. The number of cyclic esters (lactones) is 1. The van der Waals surface area contributed by atoms with Crippen molar-refractivity contribution in [1.29, 1.82) is 0 Å². The minimum atomic E-state index is -1.94. The van der Waals surface area contributed by atoms with Gasteiger partial charge in [-0.05, 0) is 68.7 Å². The van der Waals surface area contributed by atoms with Crippen LogP contribution in [0.3, 0.4) is 0 Å². The molecule has 0 spiro atoms. The Hall–Kier alpha value is -7.14. The van der Waals surface area contributed by atoms with Crippen LogP contribution < -0.4 is 37.6 Å². The second kappa shape index (κ2) is 27.6. The molecule has 0 saturated carbocycles. The summed E-state index contributed by atoms with van der Waals surface area (Å²) in [6.45, 7) is 6.91. The van der Waals surface area contributed by atoms with E-state index in [1.165, 1.54) is 45.2 Å². The topological polar surface area (TPSA) is 345 Å². The summed E-state index contributed by atoms with van der Waals surface area (Å²) >= 11 is 0. The summed E-state index contributed by atoms with van der Waals surface area (Å²) in [6, 6.07) is 3.14. The molecule has 0 aliphatic carbocycles. The van der Waals surface area contributed by atoms with Crippen LogP contribution in [0.5, 0.6) is 5.75 Å².